The van der Waals surface area contributed by atoms with Crippen LogP contribution in [0.15, 0.2) is 30.3 Å². The number of aromatic nitrogens is 1. The quantitative estimate of drug-likeness (QED) is 0.922. The van der Waals surface area contributed by atoms with Crippen molar-refractivity contribution in [1.29, 1.82) is 0 Å². The van der Waals surface area contributed by atoms with Gasteiger partial charge in [0.1, 0.15) is 5.82 Å². The van der Waals surface area contributed by atoms with E-state index in [4.69, 9.17) is 4.98 Å². The van der Waals surface area contributed by atoms with Crippen LogP contribution in [-0.4, -0.2) is 48.0 Å². The van der Waals surface area contributed by atoms with Gasteiger partial charge in [-0.2, -0.15) is 0 Å². The van der Waals surface area contributed by atoms with Crippen LogP contribution in [0.2, 0.25) is 0 Å². The molecule has 22 heavy (non-hydrogen) atoms. The minimum atomic E-state index is -0.0545. The Balaban J connectivity index is 1.63. The summed E-state index contributed by atoms with van der Waals surface area (Å²) in [6.45, 7) is 3.72. The Morgan fingerprint density at radius 2 is 2.09 bits per heavy atom. The van der Waals surface area contributed by atoms with Crippen LogP contribution in [0.4, 0.5) is 11.5 Å². The Morgan fingerprint density at radius 3 is 2.77 bits per heavy atom. The molecule has 2 fully saturated rings. The molecular formula is C17H20N4O. The molecule has 1 amide bonds. The van der Waals surface area contributed by atoms with E-state index in [1.54, 1.807) is 0 Å². The van der Waals surface area contributed by atoms with Crippen LogP contribution < -0.4 is 10.2 Å². The van der Waals surface area contributed by atoms with Crippen molar-refractivity contribution >= 4 is 28.3 Å². The molecule has 114 valence electrons. The van der Waals surface area contributed by atoms with E-state index in [2.05, 4.69) is 34.3 Å². The predicted molar refractivity (Wildman–Crippen MR) is 88.2 cm³/mol. The fourth-order valence-corrected chi connectivity index (χ4v) is 3.70. The highest BCUT2D eigenvalue weighted by atomic mass is 16.1. The van der Waals surface area contributed by atoms with E-state index in [9.17, 15) is 4.79 Å². The van der Waals surface area contributed by atoms with E-state index in [1.165, 1.54) is 13.3 Å². The average Bonchev–Trinajstić information content (AvgIpc) is 3.05. The van der Waals surface area contributed by atoms with E-state index in [0.717, 1.165) is 35.5 Å². The Hall–Kier alpha value is -2.14. The molecule has 1 N–H and O–H groups in total. The molecule has 0 unspecified atom stereocenters. The zero-order valence-corrected chi connectivity index (χ0v) is 12.9. The van der Waals surface area contributed by atoms with Gasteiger partial charge in [0.2, 0.25) is 5.91 Å². The first-order chi connectivity index (χ1) is 10.6. The van der Waals surface area contributed by atoms with Gasteiger partial charge >= 0.3 is 0 Å². The van der Waals surface area contributed by atoms with Crippen molar-refractivity contribution in [2.24, 2.45) is 0 Å². The smallest absolute Gasteiger partial charge is 0.221 e. The standard InChI is InChI=1S/C17H20N4O/c1-11(22)18-13-4-5-16-12(7-13)3-6-17(19-16)21-10-14-8-15(21)9-20(14)2/h3-7,14-15H,8-10H2,1-2H3,(H,18,22)/t14-,15-/m0/s1. The summed E-state index contributed by atoms with van der Waals surface area (Å²) >= 11 is 0. The number of likely N-dealkylation sites (tertiary alicyclic amines) is 1. The minimum absolute atomic E-state index is 0.0545. The number of benzene rings is 1. The van der Waals surface area contributed by atoms with Gasteiger partial charge in [0, 0.05) is 43.2 Å². The summed E-state index contributed by atoms with van der Waals surface area (Å²) < 4.78 is 0. The molecule has 2 aliphatic rings. The van der Waals surface area contributed by atoms with Gasteiger partial charge in [-0.3, -0.25) is 9.69 Å². The lowest BCUT2D eigenvalue weighted by molar-refractivity contribution is -0.114. The number of nitrogens with zero attached hydrogens (tertiary/aromatic N) is 3. The highest BCUT2D eigenvalue weighted by Gasteiger charge is 2.41. The normalized spacial score (nSPS) is 24.2. The molecule has 1 aromatic heterocycles. The maximum absolute atomic E-state index is 11.1. The monoisotopic (exact) mass is 296 g/mol. The number of amides is 1. The zero-order valence-electron chi connectivity index (χ0n) is 12.9. The number of carbonyl (C=O) groups is 1. The number of hydrogen-bond acceptors (Lipinski definition) is 4. The second-order valence-corrected chi connectivity index (χ2v) is 6.39. The molecule has 0 radical (unpaired) electrons. The molecular weight excluding hydrogens is 276 g/mol. The van der Waals surface area contributed by atoms with Gasteiger partial charge in [-0.25, -0.2) is 4.98 Å². The highest BCUT2D eigenvalue weighted by Crippen LogP contribution is 2.33. The molecule has 0 spiro atoms. The topological polar surface area (TPSA) is 48.5 Å². The summed E-state index contributed by atoms with van der Waals surface area (Å²) in [7, 11) is 2.21. The van der Waals surface area contributed by atoms with Gasteiger partial charge < -0.3 is 10.2 Å². The second-order valence-electron chi connectivity index (χ2n) is 6.39. The van der Waals surface area contributed by atoms with Gasteiger partial charge in [-0.1, -0.05) is 0 Å². The third kappa shape index (κ3) is 2.22. The molecule has 5 nitrogen and oxygen atoms in total. The highest BCUT2D eigenvalue weighted by molar-refractivity contribution is 5.92. The summed E-state index contributed by atoms with van der Waals surface area (Å²) in [5.74, 6) is 1.02. The molecule has 2 aromatic rings. The van der Waals surface area contributed by atoms with Crippen molar-refractivity contribution in [2.75, 3.05) is 30.4 Å². The van der Waals surface area contributed by atoms with Crippen molar-refractivity contribution in [2.45, 2.75) is 25.4 Å². The van der Waals surface area contributed by atoms with Crippen LogP contribution in [0, 0.1) is 0 Å². The molecule has 1 aromatic carbocycles. The number of carbonyl (C=O) groups excluding carboxylic acids is 1. The van der Waals surface area contributed by atoms with E-state index < -0.39 is 0 Å². The maximum Gasteiger partial charge on any atom is 0.221 e. The first-order valence-electron chi connectivity index (χ1n) is 7.75. The van der Waals surface area contributed by atoms with Crippen LogP contribution in [0.3, 0.4) is 0 Å². The number of likely N-dealkylation sites (N-methyl/N-ethyl adjacent to an activating group) is 1. The van der Waals surface area contributed by atoms with Gasteiger partial charge in [0.05, 0.1) is 5.52 Å². The molecule has 0 saturated carbocycles. The fraction of sp³-hybridized carbons (Fsp3) is 0.412. The lowest BCUT2D eigenvalue weighted by Gasteiger charge is -2.32. The number of fused-ring (bicyclic) bond motifs is 3. The Morgan fingerprint density at radius 1 is 1.23 bits per heavy atom. The van der Waals surface area contributed by atoms with Crippen molar-refractivity contribution in [3.63, 3.8) is 0 Å². The SMILES string of the molecule is CC(=O)Nc1ccc2nc(N3C[C@@H]4C[C@H]3CN4C)ccc2c1. The third-order valence-electron chi connectivity index (χ3n) is 4.80. The number of anilines is 2. The molecule has 3 heterocycles. The number of rotatable bonds is 2. The average molecular weight is 296 g/mol. The van der Waals surface area contributed by atoms with Crippen molar-refractivity contribution in [1.82, 2.24) is 9.88 Å². The molecule has 2 atom stereocenters. The third-order valence-corrected chi connectivity index (χ3v) is 4.80. The van der Waals surface area contributed by atoms with Crippen molar-refractivity contribution < 1.29 is 4.79 Å². The van der Waals surface area contributed by atoms with Gasteiger partial charge in [0.25, 0.3) is 0 Å². The van der Waals surface area contributed by atoms with Crippen LogP contribution >= 0.6 is 0 Å². The Labute approximate surface area is 129 Å². The summed E-state index contributed by atoms with van der Waals surface area (Å²) in [4.78, 5) is 20.8. The number of pyridine rings is 1. The molecule has 2 saturated heterocycles. The minimum Gasteiger partial charge on any atom is -0.351 e. The summed E-state index contributed by atoms with van der Waals surface area (Å²) in [6.07, 6.45) is 1.25. The Kier molecular flexibility index (Phi) is 3.04. The zero-order chi connectivity index (χ0) is 15.3. The van der Waals surface area contributed by atoms with Crippen molar-refractivity contribution in [3.8, 4) is 0 Å². The number of hydrogen-bond donors (Lipinski definition) is 1. The summed E-state index contributed by atoms with van der Waals surface area (Å²) in [5.41, 5.74) is 1.79. The number of piperazine rings is 1. The van der Waals surface area contributed by atoms with E-state index in [-0.39, 0.29) is 5.91 Å². The molecule has 0 aliphatic carbocycles. The van der Waals surface area contributed by atoms with Crippen LogP contribution in [0.1, 0.15) is 13.3 Å². The van der Waals surface area contributed by atoms with Gasteiger partial charge in [-0.15, -0.1) is 0 Å². The largest absolute Gasteiger partial charge is 0.351 e. The first-order valence-corrected chi connectivity index (χ1v) is 7.75. The van der Waals surface area contributed by atoms with Crippen LogP contribution in [-0.2, 0) is 4.79 Å². The second kappa shape index (κ2) is 4.95. The Bertz CT molecular complexity index is 743. The van der Waals surface area contributed by atoms with Crippen LogP contribution in [0.25, 0.3) is 10.9 Å². The lowest BCUT2D eigenvalue weighted by Crippen LogP contribution is -2.44. The van der Waals surface area contributed by atoms with Gasteiger partial charge in [-0.05, 0) is 43.8 Å². The summed E-state index contributed by atoms with van der Waals surface area (Å²) in [5, 5.41) is 3.86. The molecule has 4 rings (SSSR count). The predicted octanol–water partition coefficient (Wildman–Crippen LogP) is 2.09. The molecule has 5 heteroatoms. The number of nitrogens with one attached hydrogen (secondary N) is 1. The molecule has 2 bridgehead atoms. The first kappa shape index (κ1) is 13.5. The molecule has 2 aliphatic heterocycles. The summed E-state index contributed by atoms with van der Waals surface area (Å²) in [6, 6.07) is 11.3. The van der Waals surface area contributed by atoms with Crippen molar-refractivity contribution in [3.05, 3.63) is 30.3 Å². The van der Waals surface area contributed by atoms with E-state index in [1.807, 2.05) is 18.2 Å². The maximum atomic E-state index is 11.1. The van der Waals surface area contributed by atoms with Gasteiger partial charge in [0.15, 0.2) is 0 Å². The lowest BCUT2D eigenvalue weighted by atomic mass is 10.2. The fourth-order valence-electron chi connectivity index (χ4n) is 3.70. The van der Waals surface area contributed by atoms with Crippen LogP contribution in [0.5, 0.6) is 0 Å². The van der Waals surface area contributed by atoms with E-state index >= 15 is 0 Å². The van der Waals surface area contributed by atoms with E-state index in [0.29, 0.717) is 12.1 Å².